The van der Waals surface area contributed by atoms with Crippen molar-refractivity contribution in [1.82, 2.24) is 9.55 Å². The molecule has 0 saturated carbocycles. The van der Waals surface area contributed by atoms with Crippen LogP contribution in [0.15, 0.2) is 43.0 Å². The van der Waals surface area contributed by atoms with Crippen LogP contribution in [-0.2, 0) is 11.3 Å². The molecule has 1 aliphatic rings. The van der Waals surface area contributed by atoms with Gasteiger partial charge in [-0.1, -0.05) is 12.1 Å². The number of hydrogen-bond donors (Lipinski definition) is 0. The zero-order chi connectivity index (χ0) is 13.1. The van der Waals surface area contributed by atoms with Gasteiger partial charge in [-0.25, -0.2) is 4.98 Å². The summed E-state index contributed by atoms with van der Waals surface area (Å²) in [5, 5.41) is 0. The van der Waals surface area contributed by atoms with E-state index in [9.17, 15) is 4.79 Å². The molecule has 0 saturated heterocycles. The fraction of sp³-hybridized carbons (Fsp3) is 0.286. The molecule has 5 nitrogen and oxygen atoms in total. The molecule has 0 bridgehead atoms. The number of ether oxygens (including phenoxy) is 2. The van der Waals surface area contributed by atoms with Crippen molar-refractivity contribution in [3.8, 4) is 5.75 Å². The molecule has 0 spiro atoms. The first-order chi connectivity index (χ1) is 9.33. The Hall–Kier alpha value is -2.14. The van der Waals surface area contributed by atoms with Crippen LogP contribution in [0, 0.1) is 0 Å². The molecule has 1 aromatic carbocycles. The van der Waals surface area contributed by atoms with Crippen molar-refractivity contribution in [2.24, 2.45) is 0 Å². The number of ketones is 1. The lowest BCUT2D eigenvalue weighted by atomic mass is 10.0. The van der Waals surface area contributed by atoms with Crippen LogP contribution in [0.4, 0.5) is 0 Å². The molecule has 2 aromatic rings. The van der Waals surface area contributed by atoms with E-state index in [1.165, 1.54) is 0 Å². The second-order valence-electron chi connectivity index (χ2n) is 4.34. The average molecular weight is 258 g/mol. The molecule has 1 aromatic heterocycles. The van der Waals surface area contributed by atoms with E-state index in [0.29, 0.717) is 24.5 Å². The van der Waals surface area contributed by atoms with Crippen LogP contribution in [0.25, 0.3) is 0 Å². The number of rotatable bonds is 4. The number of nitrogens with zero attached hydrogens (tertiary/aromatic N) is 2. The summed E-state index contributed by atoms with van der Waals surface area (Å²) in [6.07, 6.45) is 5.08. The number of benzene rings is 1. The van der Waals surface area contributed by atoms with Gasteiger partial charge in [-0.2, -0.15) is 0 Å². The molecule has 1 atom stereocenters. The first-order valence-electron chi connectivity index (χ1n) is 6.19. The van der Waals surface area contributed by atoms with E-state index < -0.39 is 6.29 Å². The van der Waals surface area contributed by atoms with Crippen LogP contribution in [-0.4, -0.2) is 28.2 Å². The second kappa shape index (κ2) is 5.24. The fourth-order valence-electron chi connectivity index (χ4n) is 2.05. The molecule has 19 heavy (non-hydrogen) atoms. The van der Waals surface area contributed by atoms with Gasteiger partial charge in [0, 0.05) is 18.9 Å². The fourth-order valence-corrected chi connectivity index (χ4v) is 2.05. The molecule has 0 fully saturated rings. The highest BCUT2D eigenvalue weighted by molar-refractivity contribution is 5.99. The van der Waals surface area contributed by atoms with E-state index in [1.54, 1.807) is 24.7 Å². The average Bonchev–Trinajstić information content (AvgIpc) is 2.92. The van der Waals surface area contributed by atoms with Crippen molar-refractivity contribution in [3.63, 3.8) is 0 Å². The number of hydrogen-bond acceptors (Lipinski definition) is 4. The number of para-hydroxylation sites is 1. The van der Waals surface area contributed by atoms with E-state index in [2.05, 4.69) is 4.98 Å². The number of carbonyl (C=O) groups excluding carboxylic acids is 1. The Morgan fingerprint density at radius 2 is 2.32 bits per heavy atom. The second-order valence-corrected chi connectivity index (χ2v) is 4.34. The summed E-state index contributed by atoms with van der Waals surface area (Å²) < 4.78 is 13.2. The quantitative estimate of drug-likeness (QED) is 0.840. The Labute approximate surface area is 110 Å². The standard InChI is InChI=1S/C14H14N2O3/c17-12-9-14(18-8-7-16-6-5-15-10-16)19-13-4-2-1-3-11(12)13/h1-6,10,14H,7-9H2. The Kier molecular flexibility index (Phi) is 3.29. The van der Waals surface area contributed by atoms with E-state index in [4.69, 9.17) is 9.47 Å². The highest BCUT2D eigenvalue weighted by Crippen LogP contribution is 2.27. The van der Waals surface area contributed by atoms with Gasteiger partial charge >= 0.3 is 0 Å². The summed E-state index contributed by atoms with van der Waals surface area (Å²) >= 11 is 0. The van der Waals surface area contributed by atoms with Crippen LogP contribution < -0.4 is 4.74 Å². The van der Waals surface area contributed by atoms with Crippen LogP contribution in [0.1, 0.15) is 16.8 Å². The van der Waals surface area contributed by atoms with Gasteiger partial charge in [0.25, 0.3) is 0 Å². The monoisotopic (exact) mass is 258 g/mol. The third kappa shape index (κ3) is 2.66. The maximum atomic E-state index is 11.9. The first kappa shape index (κ1) is 11.9. The molecular weight excluding hydrogens is 244 g/mol. The van der Waals surface area contributed by atoms with Gasteiger partial charge in [-0.15, -0.1) is 0 Å². The van der Waals surface area contributed by atoms with Crippen molar-refractivity contribution in [2.75, 3.05) is 6.61 Å². The molecule has 0 aliphatic carbocycles. The van der Waals surface area contributed by atoms with Crippen molar-refractivity contribution >= 4 is 5.78 Å². The maximum Gasteiger partial charge on any atom is 0.207 e. The molecule has 3 rings (SSSR count). The molecule has 0 radical (unpaired) electrons. The van der Waals surface area contributed by atoms with Crippen molar-refractivity contribution < 1.29 is 14.3 Å². The van der Waals surface area contributed by atoms with Crippen LogP contribution in [0.3, 0.4) is 0 Å². The van der Waals surface area contributed by atoms with Crippen LogP contribution in [0.5, 0.6) is 5.75 Å². The predicted molar refractivity (Wildman–Crippen MR) is 68.0 cm³/mol. The summed E-state index contributed by atoms with van der Waals surface area (Å²) in [5.74, 6) is 0.667. The number of aromatic nitrogens is 2. The number of imidazole rings is 1. The highest BCUT2D eigenvalue weighted by Gasteiger charge is 2.26. The Bertz CT molecular complexity index is 566. The lowest BCUT2D eigenvalue weighted by Gasteiger charge is -2.25. The highest BCUT2D eigenvalue weighted by atomic mass is 16.7. The zero-order valence-electron chi connectivity index (χ0n) is 10.4. The SMILES string of the molecule is O=C1CC(OCCn2ccnc2)Oc2ccccc21. The predicted octanol–water partition coefficient (Wildman–Crippen LogP) is 1.89. The third-order valence-corrected chi connectivity index (χ3v) is 3.01. The van der Waals surface area contributed by atoms with Crippen molar-refractivity contribution in [3.05, 3.63) is 48.5 Å². The van der Waals surface area contributed by atoms with Gasteiger partial charge in [0.05, 0.1) is 24.9 Å². The summed E-state index contributed by atoms with van der Waals surface area (Å²) in [7, 11) is 0. The van der Waals surface area contributed by atoms with E-state index >= 15 is 0 Å². The molecule has 0 amide bonds. The van der Waals surface area contributed by atoms with Gasteiger partial charge in [0.2, 0.25) is 6.29 Å². The van der Waals surface area contributed by atoms with Gasteiger partial charge in [0.15, 0.2) is 5.78 Å². The number of carbonyl (C=O) groups is 1. The van der Waals surface area contributed by atoms with Crippen LogP contribution >= 0.6 is 0 Å². The van der Waals surface area contributed by atoms with Crippen molar-refractivity contribution in [2.45, 2.75) is 19.3 Å². The van der Waals surface area contributed by atoms with Gasteiger partial charge in [-0.05, 0) is 12.1 Å². The lowest BCUT2D eigenvalue weighted by Crippen LogP contribution is -2.30. The molecule has 98 valence electrons. The molecule has 5 heteroatoms. The van der Waals surface area contributed by atoms with Crippen molar-refractivity contribution in [1.29, 1.82) is 0 Å². The lowest BCUT2D eigenvalue weighted by molar-refractivity contribution is -0.0850. The van der Waals surface area contributed by atoms with Gasteiger partial charge in [-0.3, -0.25) is 4.79 Å². The number of Topliss-reactive ketones (excluding diaryl/α,β-unsaturated/α-hetero) is 1. The Morgan fingerprint density at radius 3 is 3.16 bits per heavy atom. The van der Waals surface area contributed by atoms with E-state index in [0.717, 1.165) is 0 Å². The smallest absolute Gasteiger partial charge is 0.207 e. The largest absolute Gasteiger partial charge is 0.464 e. The van der Waals surface area contributed by atoms with Gasteiger partial charge in [0.1, 0.15) is 5.75 Å². The molecule has 1 aliphatic heterocycles. The summed E-state index contributed by atoms with van der Waals surface area (Å²) in [4.78, 5) is 15.9. The topological polar surface area (TPSA) is 53.4 Å². The first-order valence-corrected chi connectivity index (χ1v) is 6.19. The minimum atomic E-state index is -0.495. The minimum Gasteiger partial charge on any atom is -0.464 e. The maximum absolute atomic E-state index is 11.9. The zero-order valence-corrected chi connectivity index (χ0v) is 10.4. The Morgan fingerprint density at radius 1 is 1.42 bits per heavy atom. The molecule has 0 N–H and O–H groups in total. The third-order valence-electron chi connectivity index (χ3n) is 3.01. The summed E-state index contributed by atoms with van der Waals surface area (Å²) in [6, 6.07) is 7.25. The number of fused-ring (bicyclic) bond motifs is 1. The molecule has 2 heterocycles. The molecule has 1 unspecified atom stereocenters. The van der Waals surface area contributed by atoms with Crippen LogP contribution in [0.2, 0.25) is 0 Å². The minimum absolute atomic E-state index is 0.0643. The van der Waals surface area contributed by atoms with E-state index in [1.807, 2.05) is 22.9 Å². The summed E-state index contributed by atoms with van der Waals surface area (Å²) in [5.41, 5.74) is 0.636. The summed E-state index contributed by atoms with van der Waals surface area (Å²) in [6.45, 7) is 1.17. The normalized spacial score (nSPS) is 17.9. The van der Waals surface area contributed by atoms with Gasteiger partial charge < -0.3 is 14.0 Å². The molecular formula is C14H14N2O3. The van der Waals surface area contributed by atoms with E-state index in [-0.39, 0.29) is 12.2 Å². The Balaban J connectivity index is 1.58.